The third-order valence-electron chi connectivity index (χ3n) is 3.08. The van der Waals surface area contributed by atoms with E-state index in [1.807, 2.05) is 51.2 Å². The molecular formula is C16H22N2O3. The SMILES string of the molecule is CC(C)(C)NC(=O)O[C@H](CO)Cc1c[nH]c2ccccc12. The zero-order chi connectivity index (χ0) is 15.5. The number of para-hydroxylation sites is 1. The van der Waals surface area contributed by atoms with Gasteiger partial charge in [0.1, 0.15) is 6.10 Å². The van der Waals surface area contributed by atoms with Crippen molar-refractivity contribution in [2.45, 2.75) is 38.8 Å². The Bertz CT molecular complexity index is 613. The number of aromatic amines is 1. The van der Waals surface area contributed by atoms with Crippen LogP contribution in [0.15, 0.2) is 30.5 Å². The van der Waals surface area contributed by atoms with Gasteiger partial charge in [0, 0.05) is 29.1 Å². The Morgan fingerprint density at radius 3 is 2.76 bits per heavy atom. The van der Waals surface area contributed by atoms with Crippen molar-refractivity contribution in [1.82, 2.24) is 10.3 Å². The van der Waals surface area contributed by atoms with Crippen LogP contribution in [0.2, 0.25) is 0 Å². The average molecular weight is 290 g/mol. The van der Waals surface area contributed by atoms with E-state index in [1.165, 1.54) is 0 Å². The quantitative estimate of drug-likeness (QED) is 0.810. The van der Waals surface area contributed by atoms with E-state index in [9.17, 15) is 9.90 Å². The van der Waals surface area contributed by atoms with Crippen molar-refractivity contribution in [3.8, 4) is 0 Å². The molecule has 21 heavy (non-hydrogen) atoms. The second kappa shape index (κ2) is 6.18. The molecule has 1 atom stereocenters. The second-order valence-electron chi connectivity index (χ2n) is 6.15. The number of aliphatic hydroxyl groups excluding tert-OH is 1. The molecule has 5 nitrogen and oxygen atoms in total. The fraction of sp³-hybridized carbons (Fsp3) is 0.438. The lowest BCUT2D eigenvalue weighted by molar-refractivity contribution is 0.0540. The molecular weight excluding hydrogens is 268 g/mol. The normalized spacial score (nSPS) is 13.1. The number of H-pyrrole nitrogens is 1. The van der Waals surface area contributed by atoms with Gasteiger partial charge in [-0.1, -0.05) is 18.2 Å². The van der Waals surface area contributed by atoms with Gasteiger partial charge >= 0.3 is 6.09 Å². The Morgan fingerprint density at radius 2 is 2.10 bits per heavy atom. The maximum atomic E-state index is 11.8. The molecule has 114 valence electrons. The number of carbonyl (C=O) groups excluding carboxylic acids is 1. The number of hydrogen-bond acceptors (Lipinski definition) is 3. The van der Waals surface area contributed by atoms with Gasteiger partial charge in [-0.25, -0.2) is 4.79 Å². The highest BCUT2D eigenvalue weighted by Gasteiger charge is 2.20. The van der Waals surface area contributed by atoms with E-state index in [4.69, 9.17) is 4.74 Å². The summed E-state index contributed by atoms with van der Waals surface area (Å²) in [7, 11) is 0. The first-order valence-electron chi connectivity index (χ1n) is 7.03. The van der Waals surface area contributed by atoms with Crippen molar-refractivity contribution in [2.24, 2.45) is 0 Å². The number of nitrogens with one attached hydrogen (secondary N) is 2. The van der Waals surface area contributed by atoms with Crippen LogP contribution < -0.4 is 5.32 Å². The number of rotatable bonds is 4. The predicted molar refractivity (Wildman–Crippen MR) is 82.2 cm³/mol. The Hall–Kier alpha value is -2.01. The molecule has 0 saturated carbocycles. The molecule has 2 aromatic rings. The fourth-order valence-corrected chi connectivity index (χ4v) is 2.18. The lowest BCUT2D eigenvalue weighted by atomic mass is 10.1. The van der Waals surface area contributed by atoms with E-state index in [2.05, 4.69) is 10.3 Å². The van der Waals surface area contributed by atoms with Gasteiger partial charge in [0.05, 0.1) is 6.61 Å². The molecule has 0 aliphatic rings. The van der Waals surface area contributed by atoms with Crippen LogP contribution in [0.4, 0.5) is 4.79 Å². The van der Waals surface area contributed by atoms with E-state index in [-0.39, 0.29) is 12.1 Å². The summed E-state index contributed by atoms with van der Waals surface area (Å²) < 4.78 is 5.28. The lowest BCUT2D eigenvalue weighted by Crippen LogP contribution is -2.43. The fourth-order valence-electron chi connectivity index (χ4n) is 2.18. The van der Waals surface area contributed by atoms with Gasteiger partial charge in [0.25, 0.3) is 0 Å². The third kappa shape index (κ3) is 4.23. The van der Waals surface area contributed by atoms with Crippen LogP contribution in [-0.4, -0.2) is 34.4 Å². The Labute approximate surface area is 124 Å². The number of amides is 1. The molecule has 1 heterocycles. The average Bonchev–Trinajstić information content (AvgIpc) is 2.79. The van der Waals surface area contributed by atoms with Crippen LogP contribution in [0, 0.1) is 0 Å². The first kappa shape index (κ1) is 15.4. The number of aromatic nitrogens is 1. The Balaban J connectivity index is 2.04. The predicted octanol–water partition coefficient (Wildman–Crippen LogP) is 2.60. The van der Waals surface area contributed by atoms with Crippen molar-refractivity contribution in [1.29, 1.82) is 0 Å². The Morgan fingerprint density at radius 1 is 1.38 bits per heavy atom. The number of fused-ring (bicyclic) bond motifs is 1. The van der Waals surface area contributed by atoms with E-state index in [0.717, 1.165) is 16.5 Å². The summed E-state index contributed by atoms with van der Waals surface area (Å²) in [6.45, 7) is 5.42. The largest absolute Gasteiger partial charge is 0.443 e. The van der Waals surface area contributed by atoms with Crippen LogP contribution in [-0.2, 0) is 11.2 Å². The zero-order valence-electron chi connectivity index (χ0n) is 12.6. The number of alkyl carbamates (subject to hydrolysis) is 1. The summed E-state index contributed by atoms with van der Waals surface area (Å²) >= 11 is 0. The van der Waals surface area contributed by atoms with Gasteiger partial charge in [-0.2, -0.15) is 0 Å². The summed E-state index contributed by atoms with van der Waals surface area (Å²) in [6, 6.07) is 7.91. The molecule has 2 rings (SSSR count). The van der Waals surface area contributed by atoms with E-state index in [0.29, 0.717) is 6.42 Å². The number of benzene rings is 1. The van der Waals surface area contributed by atoms with Crippen LogP contribution in [0.5, 0.6) is 0 Å². The van der Waals surface area contributed by atoms with Crippen LogP contribution in [0.1, 0.15) is 26.3 Å². The number of hydrogen-bond donors (Lipinski definition) is 3. The first-order valence-corrected chi connectivity index (χ1v) is 7.03. The monoisotopic (exact) mass is 290 g/mol. The molecule has 1 aromatic heterocycles. The van der Waals surface area contributed by atoms with Crippen LogP contribution >= 0.6 is 0 Å². The van der Waals surface area contributed by atoms with Crippen molar-refractivity contribution in [3.05, 3.63) is 36.0 Å². The number of aliphatic hydroxyl groups is 1. The lowest BCUT2D eigenvalue weighted by Gasteiger charge is -2.22. The van der Waals surface area contributed by atoms with Gasteiger partial charge in [-0.05, 0) is 32.4 Å². The summed E-state index contributed by atoms with van der Waals surface area (Å²) in [6.07, 6.45) is 1.28. The molecule has 0 aliphatic heterocycles. The first-order chi connectivity index (χ1) is 9.89. The summed E-state index contributed by atoms with van der Waals surface area (Å²) in [4.78, 5) is 14.9. The highest BCUT2D eigenvalue weighted by atomic mass is 16.6. The molecule has 0 saturated heterocycles. The molecule has 0 aliphatic carbocycles. The molecule has 1 amide bonds. The smallest absolute Gasteiger partial charge is 0.407 e. The van der Waals surface area contributed by atoms with E-state index < -0.39 is 12.2 Å². The highest BCUT2D eigenvalue weighted by Crippen LogP contribution is 2.19. The van der Waals surface area contributed by atoms with Gasteiger partial charge in [0.2, 0.25) is 0 Å². The number of ether oxygens (including phenoxy) is 1. The van der Waals surface area contributed by atoms with Crippen molar-refractivity contribution < 1.29 is 14.6 Å². The molecule has 3 N–H and O–H groups in total. The Kier molecular flexibility index (Phi) is 4.53. The minimum atomic E-state index is -0.563. The molecule has 0 spiro atoms. The molecule has 1 aromatic carbocycles. The van der Waals surface area contributed by atoms with Crippen molar-refractivity contribution in [3.63, 3.8) is 0 Å². The van der Waals surface area contributed by atoms with Gasteiger partial charge < -0.3 is 20.1 Å². The molecule has 0 radical (unpaired) electrons. The summed E-state index contributed by atoms with van der Waals surface area (Å²) in [5, 5.41) is 13.2. The minimum Gasteiger partial charge on any atom is -0.443 e. The van der Waals surface area contributed by atoms with Crippen molar-refractivity contribution >= 4 is 17.0 Å². The molecule has 0 fully saturated rings. The topological polar surface area (TPSA) is 74.3 Å². The third-order valence-corrected chi connectivity index (χ3v) is 3.08. The standard InChI is InChI=1S/C16H22N2O3/c1-16(2,3)18-15(20)21-12(10-19)8-11-9-17-14-7-5-4-6-13(11)14/h4-7,9,12,17,19H,8,10H2,1-3H3,(H,18,20)/t12-/m0/s1. The van der Waals surface area contributed by atoms with Gasteiger partial charge in [0.15, 0.2) is 0 Å². The van der Waals surface area contributed by atoms with Crippen molar-refractivity contribution in [2.75, 3.05) is 6.61 Å². The number of carbonyl (C=O) groups is 1. The molecule has 0 unspecified atom stereocenters. The van der Waals surface area contributed by atoms with Gasteiger partial charge in [-0.15, -0.1) is 0 Å². The van der Waals surface area contributed by atoms with Crippen LogP contribution in [0.3, 0.4) is 0 Å². The molecule has 5 heteroatoms. The maximum absolute atomic E-state index is 11.8. The second-order valence-corrected chi connectivity index (χ2v) is 6.15. The van der Waals surface area contributed by atoms with E-state index >= 15 is 0 Å². The highest BCUT2D eigenvalue weighted by molar-refractivity contribution is 5.83. The molecule has 0 bridgehead atoms. The minimum absolute atomic E-state index is 0.211. The van der Waals surface area contributed by atoms with Gasteiger partial charge in [-0.3, -0.25) is 0 Å². The maximum Gasteiger partial charge on any atom is 0.407 e. The van der Waals surface area contributed by atoms with Crippen LogP contribution in [0.25, 0.3) is 10.9 Å². The zero-order valence-corrected chi connectivity index (χ0v) is 12.6. The summed E-state index contributed by atoms with van der Waals surface area (Å²) in [5.41, 5.74) is 1.69. The summed E-state index contributed by atoms with van der Waals surface area (Å²) in [5.74, 6) is 0. The van der Waals surface area contributed by atoms with E-state index in [1.54, 1.807) is 0 Å².